The molecule has 0 saturated heterocycles. The van der Waals surface area contributed by atoms with E-state index in [9.17, 15) is 0 Å². The van der Waals surface area contributed by atoms with Crippen LogP contribution in [0.15, 0.2) is 35.7 Å². The maximum Gasteiger partial charge on any atom is 0.0897 e. The lowest BCUT2D eigenvalue weighted by molar-refractivity contribution is 0.595. The van der Waals surface area contributed by atoms with E-state index in [0.29, 0.717) is 6.04 Å². The zero-order valence-electron chi connectivity index (χ0n) is 11.0. The number of aromatic nitrogens is 1. The van der Waals surface area contributed by atoms with Crippen molar-refractivity contribution in [3.63, 3.8) is 0 Å². The average Bonchev–Trinajstić information content (AvgIpc) is 3.01. The SMILES string of the molecule is CNC(Cc1csc(C)n1)c1cc2ccccc2s1. The summed E-state index contributed by atoms with van der Waals surface area (Å²) in [6, 6.07) is 11.2. The molecule has 2 aromatic heterocycles. The van der Waals surface area contributed by atoms with E-state index in [-0.39, 0.29) is 0 Å². The van der Waals surface area contributed by atoms with Gasteiger partial charge in [-0.2, -0.15) is 0 Å². The summed E-state index contributed by atoms with van der Waals surface area (Å²) in [7, 11) is 2.02. The standard InChI is InChI=1S/C15H16N2S2/c1-10-17-12(9-18-10)8-13(16-2)15-7-11-5-3-4-6-14(11)19-15/h3-7,9,13,16H,8H2,1-2H3. The molecule has 2 heterocycles. The van der Waals surface area contributed by atoms with E-state index in [1.807, 2.05) is 18.4 Å². The molecule has 0 amide bonds. The summed E-state index contributed by atoms with van der Waals surface area (Å²) in [5.74, 6) is 0. The van der Waals surface area contributed by atoms with Gasteiger partial charge in [-0.25, -0.2) is 4.98 Å². The summed E-state index contributed by atoms with van der Waals surface area (Å²) < 4.78 is 1.35. The van der Waals surface area contributed by atoms with E-state index in [1.54, 1.807) is 11.3 Å². The molecule has 1 N–H and O–H groups in total. The number of nitrogens with one attached hydrogen (secondary N) is 1. The van der Waals surface area contributed by atoms with Gasteiger partial charge in [0.15, 0.2) is 0 Å². The number of nitrogens with zero attached hydrogens (tertiary/aromatic N) is 1. The molecule has 2 nitrogen and oxygen atoms in total. The van der Waals surface area contributed by atoms with Crippen LogP contribution in [0.4, 0.5) is 0 Å². The Labute approximate surface area is 121 Å². The maximum absolute atomic E-state index is 4.56. The third kappa shape index (κ3) is 2.71. The minimum Gasteiger partial charge on any atom is -0.312 e. The van der Waals surface area contributed by atoms with E-state index in [0.717, 1.165) is 11.4 Å². The van der Waals surface area contributed by atoms with Gasteiger partial charge in [-0.05, 0) is 31.5 Å². The van der Waals surface area contributed by atoms with Gasteiger partial charge in [0.25, 0.3) is 0 Å². The van der Waals surface area contributed by atoms with Crippen LogP contribution in [-0.2, 0) is 6.42 Å². The fraction of sp³-hybridized carbons (Fsp3) is 0.267. The quantitative estimate of drug-likeness (QED) is 0.779. The first kappa shape index (κ1) is 12.8. The minimum atomic E-state index is 0.346. The lowest BCUT2D eigenvalue weighted by Gasteiger charge is -2.12. The Morgan fingerprint density at radius 3 is 2.84 bits per heavy atom. The number of likely N-dealkylation sites (N-methyl/N-ethyl adjacent to an activating group) is 1. The monoisotopic (exact) mass is 288 g/mol. The van der Waals surface area contributed by atoms with Crippen LogP contribution in [0.1, 0.15) is 21.6 Å². The first-order chi connectivity index (χ1) is 9.26. The highest BCUT2D eigenvalue weighted by atomic mass is 32.1. The van der Waals surface area contributed by atoms with Crippen molar-refractivity contribution >= 4 is 32.8 Å². The van der Waals surface area contributed by atoms with Crippen LogP contribution in [0.3, 0.4) is 0 Å². The van der Waals surface area contributed by atoms with Crippen LogP contribution in [0.5, 0.6) is 0 Å². The van der Waals surface area contributed by atoms with E-state index in [4.69, 9.17) is 0 Å². The Bertz CT molecular complexity index is 651. The van der Waals surface area contributed by atoms with Crippen molar-refractivity contribution < 1.29 is 0 Å². The molecular formula is C15H16N2S2. The molecule has 19 heavy (non-hydrogen) atoms. The van der Waals surface area contributed by atoms with Gasteiger partial charge in [0.05, 0.1) is 10.7 Å². The van der Waals surface area contributed by atoms with Crippen molar-refractivity contribution in [1.29, 1.82) is 0 Å². The number of fused-ring (bicyclic) bond motifs is 1. The van der Waals surface area contributed by atoms with E-state index >= 15 is 0 Å². The largest absolute Gasteiger partial charge is 0.312 e. The number of thiophene rings is 1. The van der Waals surface area contributed by atoms with Crippen molar-refractivity contribution in [1.82, 2.24) is 10.3 Å². The van der Waals surface area contributed by atoms with Crippen LogP contribution in [0, 0.1) is 6.92 Å². The molecule has 0 spiro atoms. The molecule has 98 valence electrons. The zero-order chi connectivity index (χ0) is 13.2. The van der Waals surface area contributed by atoms with E-state index in [1.165, 1.54) is 20.7 Å². The fourth-order valence-electron chi connectivity index (χ4n) is 2.23. The van der Waals surface area contributed by atoms with Gasteiger partial charge in [0, 0.05) is 27.4 Å². The summed E-state index contributed by atoms with van der Waals surface area (Å²) >= 11 is 3.59. The molecule has 0 aliphatic heterocycles. The molecule has 3 aromatic rings. The van der Waals surface area contributed by atoms with E-state index < -0.39 is 0 Å². The van der Waals surface area contributed by atoms with Crippen molar-refractivity contribution in [2.45, 2.75) is 19.4 Å². The second-order valence-corrected chi connectivity index (χ2v) is 6.77. The average molecular weight is 288 g/mol. The molecule has 0 radical (unpaired) electrons. The van der Waals surface area contributed by atoms with Crippen molar-refractivity contribution in [2.75, 3.05) is 7.05 Å². The fourth-order valence-corrected chi connectivity index (χ4v) is 4.03. The third-order valence-corrected chi connectivity index (χ3v) is 5.27. The van der Waals surface area contributed by atoms with Crippen molar-refractivity contribution in [3.05, 3.63) is 51.3 Å². The van der Waals surface area contributed by atoms with Crippen molar-refractivity contribution in [2.24, 2.45) is 0 Å². The third-order valence-electron chi connectivity index (χ3n) is 3.22. The van der Waals surface area contributed by atoms with Gasteiger partial charge in [0.2, 0.25) is 0 Å². The molecule has 0 bridgehead atoms. The van der Waals surface area contributed by atoms with Gasteiger partial charge < -0.3 is 5.32 Å². The second kappa shape index (κ2) is 5.41. The van der Waals surface area contributed by atoms with Gasteiger partial charge in [-0.3, -0.25) is 0 Å². The summed E-state index contributed by atoms with van der Waals surface area (Å²) in [5.41, 5.74) is 1.18. The van der Waals surface area contributed by atoms with Crippen LogP contribution in [-0.4, -0.2) is 12.0 Å². The molecule has 0 aliphatic rings. The van der Waals surface area contributed by atoms with Crippen LogP contribution in [0.25, 0.3) is 10.1 Å². The summed E-state index contributed by atoms with van der Waals surface area (Å²) in [6.45, 7) is 2.06. The zero-order valence-corrected chi connectivity index (χ0v) is 12.6. The Kier molecular flexibility index (Phi) is 3.64. The van der Waals surface area contributed by atoms with Crippen molar-refractivity contribution in [3.8, 4) is 0 Å². The molecule has 0 aliphatic carbocycles. The molecule has 1 atom stereocenters. The van der Waals surface area contributed by atoms with Crippen LogP contribution in [0.2, 0.25) is 0 Å². The van der Waals surface area contributed by atoms with Crippen LogP contribution < -0.4 is 5.32 Å². The summed E-state index contributed by atoms with van der Waals surface area (Å²) in [5, 5.41) is 8.04. The molecule has 1 aromatic carbocycles. The first-order valence-electron chi connectivity index (χ1n) is 6.33. The smallest absolute Gasteiger partial charge is 0.0897 e. The Balaban J connectivity index is 1.88. The molecule has 3 rings (SSSR count). The Morgan fingerprint density at radius 2 is 2.16 bits per heavy atom. The van der Waals surface area contributed by atoms with Gasteiger partial charge in [-0.1, -0.05) is 18.2 Å². The lowest BCUT2D eigenvalue weighted by Crippen LogP contribution is -2.17. The maximum atomic E-state index is 4.56. The minimum absolute atomic E-state index is 0.346. The second-order valence-electron chi connectivity index (χ2n) is 4.59. The normalized spacial score (nSPS) is 12.9. The number of hydrogen-bond acceptors (Lipinski definition) is 4. The number of aryl methyl sites for hydroxylation is 1. The molecule has 1 unspecified atom stereocenters. The summed E-state index contributed by atoms with van der Waals surface area (Å²) in [6.07, 6.45) is 0.952. The van der Waals surface area contributed by atoms with Gasteiger partial charge >= 0.3 is 0 Å². The predicted molar refractivity (Wildman–Crippen MR) is 84.2 cm³/mol. The topological polar surface area (TPSA) is 24.9 Å². The predicted octanol–water partition coefficient (Wildman–Crippen LogP) is 4.17. The number of benzene rings is 1. The highest BCUT2D eigenvalue weighted by molar-refractivity contribution is 7.19. The number of rotatable bonds is 4. The van der Waals surface area contributed by atoms with Crippen LogP contribution >= 0.6 is 22.7 Å². The highest BCUT2D eigenvalue weighted by Gasteiger charge is 2.14. The molecule has 4 heteroatoms. The van der Waals surface area contributed by atoms with Gasteiger partial charge in [-0.15, -0.1) is 22.7 Å². The molecule has 0 fully saturated rings. The number of hydrogen-bond donors (Lipinski definition) is 1. The Hall–Kier alpha value is -1.23. The highest BCUT2D eigenvalue weighted by Crippen LogP contribution is 2.31. The first-order valence-corrected chi connectivity index (χ1v) is 8.02. The number of thiazole rings is 1. The van der Waals surface area contributed by atoms with E-state index in [2.05, 4.69) is 52.9 Å². The lowest BCUT2D eigenvalue weighted by atomic mass is 10.1. The van der Waals surface area contributed by atoms with Gasteiger partial charge in [0.1, 0.15) is 0 Å². The summed E-state index contributed by atoms with van der Waals surface area (Å²) in [4.78, 5) is 5.94. The molecule has 0 saturated carbocycles. The Morgan fingerprint density at radius 1 is 1.32 bits per heavy atom. The molecular weight excluding hydrogens is 272 g/mol.